The van der Waals surface area contributed by atoms with Crippen molar-refractivity contribution in [2.45, 2.75) is 34.9 Å². The largest absolute Gasteiger partial charge is 0.384 e. The van der Waals surface area contributed by atoms with Gasteiger partial charge in [0.1, 0.15) is 5.25 Å². The molecule has 0 unspecified atom stereocenters. The Hall–Kier alpha value is -0.350. The summed E-state index contributed by atoms with van der Waals surface area (Å²) in [6.45, 7) is 0. The van der Waals surface area contributed by atoms with Crippen molar-refractivity contribution in [2.24, 2.45) is 0 Å². The van der Waals surface area contributed by atoms with Gasteiger partial charge < -0.3 is 0 Å². The zero-order valence-corrected chi connectivity index (χ0v) is 8.20. The Labute approximate surface area is 92.4 Å². The Morgan fingerprint density at radius 1 is 0.529 bits per heavy atom. The van der Waals surface area contributed by atoms with Crippen molar-refractivity contribution in [1.29, 1.82) is 0 Å². The lowest BCUT2D eigenvalue weighted by molar-refractivity contribution is -0.439. The predicted molar refractivity (Wildman–Crippen MR) is 37.5 cm³/mol. The molecule has 0 radical (unpaired) electrons. The topological polar surface area (TPSA) is 0 Å². The van der Waals surface area contributed by atoms with Crippen molar-refractivity contribution in [3.8, 4) is 0 Å². The van der Waals surface area contributed by atoms with Crippen LogP contribution in [0, 0.1) is 0 Å². The van der Waals surface area contributed by atoms with Crippen LogP contribution in [-0.2, 0) is 0 Å². The summed E-state index contributed by atoms with van der Waals surface area (Å²) >= 11 is 2.23. The van der Waals surface area contributed by atoms with Crippen LogP contribution < -0.4 is 0 Å². The Balaban J connectivity index is 3.56. The highest BCUT2D eigenvalue weighted by Gasteiger charge is 2.94. The van der Waals surface area contributed by atoms with E-state index in [1.54, 1.807) is 0 Å². The standard InChI is InChI=1S/C6H2F10S/c7-2(8)1(17)3(9,10)5(13,14)6(15,16)4(2,11)12/h1,17H. The molecule has 1 rings (SSSR count). The van der Waals surface area contributed by atoms with E-state index in [1.807, 2.05) is 0 Å². The fraction of sp³-hybridized carbons (Fsp3) is 1.00. The second-order valence-electron chi connectivity index (χ2n) is 3.37. The van der Waals surface area contributed by atoms with E-state index in [2.05, 4.69) is 12.6 Å². The van der Waals surface area contributed by atoms with Crippen molar-refractivity contribution in [2.75, 3.05) is 0 Å². The van der Waals surface area contributed by atoms with E-state index in [0.717, 1.165) is 0 Å². The molecule has 0 aromatic carbocycles. The predicted octanol–water partition coefficient (Wildman–Crippen LogP) is 3.47. The van der Waals surface area contributed by atoms with Gasteiger partial charge in [-0.2, -0.15) is 56.5 Å². The van der Waals surface area contributed by atoms with Crippen molar-refractivity contribution >= 4 is 12.6 Å². The third kappa shape index (κ3) is 1.28. The monoisotopic (exact) mass is 296 g/mol. The molecule has 17 heavy (non-hydrogen) atoms. The van der Waals surface area contributed by atoms with Crippen molar-refractivity contribution in [3.63, 3.8) is 0 Å². The van der Waals surface area contributed by atoms with E-state index in [1.165, 1.54) is 0 Å². The lowest BCUT2D eigenvalue weighted by Gasteiger charge is -2.48. The van der Waals surface area contributed by atoms with Gasteiger partial charge in [-0.1, -0.05) is 0 Å². The van der Waals surface area contributed by atoms with Gasteiger partial charge in [-0.05, 0) is 0 Å². The summed E-state index contributed by atoms with van der Waals surface area (Å²) in [5.74, 6) is -32.4. The Kier molecular flexibility index (Phi) is 2.73. The third-order valence-corrected chi connectivity index (χ3v) is 2.96. The van der Waals surface area contributed by atoms with Crippen LogP contribution >= 0.6 is 12.6 Å². The number of rotatable bonds is 0. The summed E-state index contributed by atoms with van der Waals surface area (Å²) in [4.78, 5) is 0. The smallest absolute Gasteiger partial charge is 0.198 e. The van der Waals surface area contributed by atoms with Gasteiger partial charge in [-0.15, -0.1) is 0 Å². The van der Waals surface area contributed by atoms with Gasteiger partial charge in [0.2, 0.25) is 0 Å². The van der Waals surface area contributed by atoms with E-state index in [0.29, 0.717) is 0 Å². The highest BCUT2D eigenvalue weighted by Crippen LogP contribution is 2.65. The molecular weight excluding hydrogens is 294 g/mol. The second kappa shape index (κ2) is 3.15. The van der Waals surface area contributed by atoms with E-state index >= 15 is 0 Å². The van der Waals surface area contributed by atoms with E-state index in [4.69, 9.17) is 0 Å². The van der Waals surface area contributed by atoms with Gasteiger partial charge >= 0.3 is 29.6 Å². The molecule has 0 amide bonds. The molecule has 1 saturated carbocycles. The summed E-state index contributed by atoms with van der Waals surface area (Å²) in [5, 5.41) is -4.24. The molecule has 0 nitrogen and oxygen atoms in total. The first-order valence-corrected chi connectivity index (χ1v) is 4.24. The summed E-state index contributed by atoms with van der Waals surface area (Å²) in [5.41, 5.74) is 0. The highest BCUT2D eigenvalue weighted by molar-refractivity contribution is 7.81. The van der Waals surface area contributed by atoms with Crippen molar-refractivity contribution in [3.05, 3.63) is 0 Å². The van der Waals surface area contributed by atoms with E-state index in [-0.39, 0.29) is 0 Å². The van der Waals surface area contributed by atoms with Crippen LogP contribution in [0.2, 0.25) is 0 Å². The maximum atomic E-state index is 12.6. The molecule has 102 valence electrons. The number of hydrogen-bond donors (Lipinski definition) is 1. The molecule has 0 aromatic heterocycles. The minimum atomic E-state index is -6.90. The number of thiol groups is 1. The Morgan fingerprint density at radius 2 is 0.765 bits per heavy atom. The zero-order chi connectivity index (χ0) is 14.1. The molecule has 0 heterocycles. The SMILES string of the molecule is FC1(F)C(S)C(F)(F)C(F)(F)C(F)(F)C1(F)F. The van der Waals surface area contributed by atoms with Crippen LogP contribution in [-0.4, -0.2) is 34.9 Å². The van der Waals surface area contributed by atoms with Gasteiger partial charge in [0, 0.05) is 0 Å². The minimum absolute atomic E-state index is 2.23. The summed E-state index contributed by atoms with van der Waals surface area (Å²) in [6.07, 6.45) is 0. The normalized spacial score (nSPS) is 33.4. The summed E-state index contributed by atoms with van der Waals surface area (Å²) < 4.78 is 125. The first kappa shape index (κ1) is 14.7. The summed E-state index contributed by atoms with van der Waals surface area (Å²) in [6, 6.07) is 0. The molecule has 1 aliphatic rings. The molecule has 0 atom stereocenters. The molecule has 0 aliphatic heterocycles. The van der Waals surface area contributed by atoms with Gasteiger partial charge in [0.25, 0.3) is 0 Å². The third-order valence-electron chi connectivity index (χ3n) is 2.31. The van der Waals surface area contributed by atoms with E-state index in [9.17, 15) is 43.9 Å². The number of alkyl halides is 10. The Morgan fingerprint density at radius 3 is 1.00 bits per heavy atom. The average molecular weight is 296 g/mol. The molecule has 0 spiro atoms. The maximum absolute atomic E-state index is 12.6. The molecular formula is C6H2F10S. The number of halogens is 10. The maximum Gasteiger partial charge on any atom is 0.384 e. The first-order chi connectivity index (χ1) is 7.15. The highest BCUT2D eigenvalue weighted by atomic mass is 32.1. The van der Waals surface area contributed by atoms with Crippen molar-refractivity contribution < 1.29 is 43.9 Å². The van der Waals surface area contributed by atoms with E-state index < -0.39 is 34.9 Å². The number of hydrogen-bond acceptors (Lipinski definition) is 1. The fourth-order valence-corrected chi connectivity index (χ4v) is 1.51. The lowest BCUT2D eigenvalue weighted by Crippen LogP contribution is -2.78. The lowest BCUT2D eigenvalue weighted by atomic mass is 9.82. The molecule has 1 fully saturated rings. The molecule has 0 N–H and O–H groups in total. The van der Waals surface area contributed by atoms with Crippen LogP contribution in [0.3, 0.4) is 0 Å². The minimum Gasteiger partial charge on any atom is -0.198 e. The average Bonchev–Trinajstić information content (AvgIpc) is 2.13. The summed E-state index contributed by atoms with van der Waals surface area (Å²) in [7, 11) is 0. The zero-order valence-electron chi connectivity index (χ0n) is 7.30. The quantitative estimate of drug-likeness (QED) is 0.513. The van der Waals surface area contributed by atoms with Crippen LogP contribution in [0.25, 0.3) is 0 Å². The van der Waals surface area contributed by atoms with Crippen LogP contribution in [0.5, 0.6) is 0 Å². The van der Waals surface area contributed by atoms with Crippen LogP contribution in [0.4, 0.5) is 43.9 Å². The molecule has 1 aliphatic carbocycles. The molecule has 0 bridgehead atoms. The molecule has 0 aromatic rings. The van der Waals surface area contributed by atoms with Crippen LogP contribution in [0.1, 0.15) is 0 Å². The molecule has 0 saturated heterocycles. The first-order valence-electron chi connectivity index (χ1n) is 3.73. The van der Waals surface area contributed by atoms with Gasteiger partial charge in [-0.3, -0.25) is 0 Å². The van der Waals surface area contributed by atoms with Gasteiger partial charge in [-0.25, -0.2) is 0 Å². The fourth-order valence-electron chi connectivity index (χ4n) is 1.19. The van der Waals surface area contributed by atoms with Crippen LogP contribution in [0.15, 0.2) is 0 Å². The van der Waals surface area contributed by atoms with Crippen molar-refractivity contribution in [1.82, 2.24) is 0 Å². The second-order valence-corrected chi connectivity index (χ2v) is 3.89. The van der Waals surface area contributed by atoms with Gasteiger partial charge in [0.05, 0.1) is 0 Å². The van der Waals surface area contributed by atoms with Gasteiger partial charge in [0.15, 0.2) is 0 Å². The Bertz CT molecular complexity index is 304. The molecule has 11 heteroatoms.